The number of thioether (sulfide) groups is 1. The SMILES string of the molecule is Br.CCCCOc1ccc(C2=CSc3nc(-c4ccccc4)c(Br)n3N2)cc1. The number of imidazole rings is 1. The zero-order valence-corrected chi connectivity index (χ0v) is 19.5. The Kier molecular flexibility index (Phi) is 7.26. The second-order valence-corrected chi connectivity index (χ2v) is 7.81. The molecule has 1 aliphatic rings. The van der Waals surface area contributed by atoms with E-state index in [1.807, 2.05) is 35.0 Å². The van der Waals surface area contributed by atoms with E-state index in [1.54, 1.807) is 11.8 Å². The summed E-state index contributed by atoms with van der Waals surface area (Å²) in [6, 6.07) is 18.4. The van der Waals surface area contributed by atoms with Crippen molar-refractivity contribution in [3.63, 3.8) is 0 Å². The lowest BCUT2D eigenvalue weighted by molar-refractivity contribution is 0.309. The molecule has 1 aromatic heterocycles. The molecule has 146 valence electrons. The topological polar surface area (TPSA) is 39.1 Å². The predicted octanol–water partition coefficient (Wildman–Crippen LogP) is 6.72. The normalized spacial score (nSPS) is 12.4. The molecule has 0 radical (unpaired) electrons. The summed E-state index contributed by atoms with van der Waals surface area (Å²) in [5.74, 6) is 0.909. The van der Waals surface area contributed by atoms with Gasteiger partial charge in [0.15, 0.2) is 5.16 Å². The Balaban J connectivity index is 0.00000225. The highest BCUT2D eigenvalue weighted by atomic mass is 79.9. The Morgan fingerprint density at radius 2 is 1.82 bits per heavy atom. The van der Waals surface area contributed by atoms with Gasteiger partial charge in [0.1, 0.15) is 16.0 Å². The van der Waals surface area contributed by atoms with Gasteiger partial charge in [-0.15, -0.1) is 17.0 Å². The van der Waals surface area contributed by atoms with Crippen LogP contribution in [0.25, 0.3) is 17.0 Å². The number of rotatable bonds is 6. The number of fused-ring (bicyclic) bond motifs is 1. The monoisotopic (exact) mass is 521 g/mol. The molecule has 0 bridgehead atoms. The van der Waals surface area contributed by atoms with Crippen LogP contribution in [0.4, 0.5) is 0 Å². The molecular formula is C21H21Br2N3OS. The lowest BCUT2D eigenvalue weighted by Crippen LogP contribution is -2.17. The van der Waals surface area contributed by atoms with Crippen LogP contribution in [-0.2, 0) is 0 Å². The third kappa shape index (κ3) is 4.47. The van der Waals surface area contributed by atoms with Crippen LogP contribution in [0.3, 0.4) is 0 Å². The van der Waals surface area contributed by atoms with Crippen molar-refractivity contribution in [1.29, 1.82) is 0 Å². The van der Waals surface area contributed by atoms with Gasteiger partial charge in [-0.3, -0.25) is 5.43 Å². The van der Waals surface area contributed by atoms with Crippen LogP contribution in [0, 0.1) is 0 Å². The Morgan fingerprint density at radius 1 is 1.07 bits per heavy atom. The minimum absolute atomic E-state index is 0. The standard InChI is InChI=1S/C21H20BrN3OS.BrH/c1-2-3-13-26-17-11-9-15(10-12-17)18-14-27-21-23-19(20(22)25(21)24-18)16-7-5-4-6-8-16;/h4-12,14,24H,2-3,13H2,1H3;1H. The van der Waals surface area contributed by atoms with E-state index in [1.165, 1.54) is 0 Å². The van der Waals surface area contributed by atoms with Crippen LogP contribution in [0.15, 0.2) is 69.8 Å². The first-order valence-electron chi connectivity index (χ1n) is 8.97. The zero-order valence-electron chi connectivity index (χ0n) is 15.4. The summed E-state index contributed by atoms with van der Waals surface area (Å²) in [5, 5.41) is 3.00. The van der Waals surface area contributed by atoms with E-state index in [2.05, 4.69) is 58.0 Å². The molecule has 0 saturated heterocycles. The summed E-state index contributed by atoms with van der Waals surface area (Å²) in [7, 11) is 0. The first kappa shape index (κ1) is 21.0. The lowest BCUT2D eigenvalue weighted by atomic mass is 10.2. The number of nitrogens with zero attached hydrogens (tertiary/aromatic N) is 2. The van der Waals surface area contributed by atoms with Gasteiger partial charge in [-0.2, -0.15) is 0 Å². The first-order chi connectivity index (χ1) is 13.3. The fourth-order valence-corrected chi connectivity index (χ4v) is 4.28. The molecule has 4 rings (SSSR count). The van der Waals surface area contributed by atoms with Gasteiger partial charge in [-0.1, -0.05) is 55.4 Å². The number of hydrogen-bond acceptors (Lipinski definition) is 4. The highest BCUT2D eigenvalue weighted by Crippen LogP contribution is 2.36. The summed E-state index contributed by atoms with van der Waals surface area (Å²) in [6.07, 6.45) is 2.21. The summed E-state index contributed by atoms with van der Waals surface area (Å²) >= 11 is 5.31. The maximum Gasteiger partial charge on any atom is 0.193 e. The van der Waals surface area contributed by atoms with E-state index in [4.69, 9.17) is 9.72 Å². The van der Waals surface area contributed by atoms with Crippen molar-refractivity contribution in [2.24, 2.45) is 0 Å². The van der Waals surface area contributed by atoms with Crippen molar-refractivity contribution in [1.82, 2.24) is 9.66 Å². The molecule has 3 aromatic rings. The van der Waals surface area contributed by atoms with Crippen molar-refractivity contribution in [2.75, 3.05) is 12.0 Å². The van der Waals surface area contributed by atoms with Crippen molar-refractivity contribution >= 4 is 50.4 Å². The predicted molar refractivity (Wildman–Crippen MR) is 126 cm³/mol. The number of halogens is 2. The average molecular weight is 523 g/mol. The van der Waals surface area contributed by atoms with Crippen LogP contribution in [0.1, 0.15) is 25.3 Å². The fraction of sp³-hybridized carbons (Fsp3) is 0.190. The van der Waals surface area contributed by atoms with E-state index in [9.17, 15) is 0 Å². The summed E-state index contributed by atoms with van der Waals surface area (Å²) < 4.78 is 8.65. The summed E-state index contributed by atoms with van der Waals surface area (Å²) in [6.45, 7) is 2.93. The van der Waals surface area contributed by atoms with Crippen molar-refractivity contribution in [2.45, 2.75) is 24.9 Å². The Labute approximate surface area is 188 Å². The van der Waals surface area contributed by atoms with Gasteiger partial charge >= 0.3 is 0 Å². The average Bonchev–Trinajstić information content (AvgIpc) is 3.05. The van der Waals surface area contributed by atoms with Gasteiger partial charge in [-0.25, -0.2) is 9.66 Å². The van der Waals surface area contributed by atoms with Crippen molar-refractivity contribution < 1.29 is 4.74 Å². The fourth-order valence-electron chi connectivity index (χ4n) is 2.79. The third-order valence-electron chi connectivity index (χ3n) is 4.28. The van der Waals surface area contributed by atoms with E-state index in [0.717, 1.165) is 57.5 Å². The largest absolute Gasteiger partial charge is 0.494 e. The molecule has 28 heavy (non-hydrogen) atoms. The molecular weight excluding hydrogens is 502 g/mol. The van der Waals surface area contributed by atoms with Crippen LogP contribution >= 0.6 is 44.7 Å². The van der Waals surface area contributed by atoms with Crippen LogP contribution < -0.4 is 10.2 Å². The molecule has 0 aliphatic carbocycles. The first-order valence-corrected chi connectivity index (χ1v) is 10.6. The van der Waals surface area contributed by atoms with Gasteiger partial charge in [-0.05, 0) is 46.6 Å². The zero-order chi connectivity index (χ0) is 18.6. The molecule has 1 N–H and O–H groups in total. The molecule has 1 aliphatic heterocycles. The van der Waals surface area contributed by atoms with E-state index >= 15 is 0 Å². The summed E-state index contributed by atoms with van der Waals surface area (Å²) in [4.78, 5) is 4.76. The van der Waals surface area contributed by atoms with Crippen LogP contribution in [0.5, 0.6) is 5.75 Å². The second-order valence-electron chi connectivity index (χ2n) is 6.22. The van der Waals surface area contributed by atoms with E-state index in [-0.39, 0.29) is 17.0 Å². The van der Waals surface area contributed by atoms with Gasteiger partial charge in [0.25, 0.3) is 0 Å². The number of ether oxygens (including phenoxy) is 1. The lowest BCUT2D eigenvalue weighted by Gasteiger charge is -2.19. The Hall–Kier alpha value is -1.70. The quantitative estimate of drug-likeness (QED) is 0.365. The molecule has 4 nitrogen and oxygen atoms in total. The van der Waals surface area contributed by atoms with E-state index in [0.29, 0.717) is 0 Å². The highest BCUT2D eigenvalue weighted by molar-refractivity contribution is 9.10. The van der Waals surface area contributed by atoms with Gasteiger partial charge in [0.05, 0.1) is 12.3 Å². The van der Waals surface area contributed by atoms with Crippen LogP contribution in [-0.4, -0.2) is 16.3 Å². The maximum absolute atomic E-state index is 5.75. The number of nitrogens with one attached hydrogen (secondary N) is 1. The molecule has 0 atom stereocenters. The molecule has 0 saturated carbocycles. The Morgan fingerprint density at radius 3 is 2.54 bits per heavy atom. The molecule has 2 aromatic carbocycles. The smallest absolute Gasteiger partial charge is 0.193 e. The van der Waals surface area contributed by atoms with Crippen LogP contribution in [0.2, 0.25) is 0 Å². The highest BCUT2D eigenvalue weighted by Gasteiger charge is 2.21. The number of hydrogen-bond donors (Lipinski definition) is 1. The molecule has 0 amide bonds. The minimum atomic E-state index is 0. The number of unbranched alkanes of at least 4 members (excludes halogenated alkanes) is 1. The Bertz CT molecular complexity index is 956. The third-order valence-corrected chi connectivity index (χ3v) is 5.85. The van der Waals surface area contributed by atoms with Gasteiger partial charge in [0.2, 0.25) is 0 Å². The second kappa shape index (κ2) is 9.67. The summed E-state index contributed by atoms with van der Waals surface area (Å²) in [5.41, 5.74) is 7.61. The molecule has 7 heteroatoms. The molecule has 0 spiro atoms. The molecule has 0 fully saturated rings. The number of aromatic nitrogens is 2. The van der Waals surface area contributed by atoms with Gasteiger partial charge in [0, 0.05) is 16.5 Å². The minimum Gasteiger partial charge on any atom is -0.494 e. The van der Waals surface area contributed by atoms with Crippen molar-refractivity contribution in [3.8, 4) is 17.0 Å². The van der Waals surface area contributed by atoms with Gasteiger partial charge < -0.3 is 4.74 Å². The van der Waals surface area contributed by atoms with Crippen molar-refractivity contribution in [3.05, 3.63) is 70.2 Å². The van der Waals surface area contributed by atoms with E-state index < -0.39 is 0 Å². The molecule has 2 heterocycles. The molecule has 0 unspecified atom stereocenters. The maximum atomic E-state index is 5.75. The number of benzene rings is 2.